The standard InChI is InChI=1S/C38H33N3O7/c1-47-33-18-2-25(3-19-33)22-35(42)40-32-16-12-29(13-17-32)37(45)41(24-36(43)44)23-26-4-20-34(21-5-26)48-38(46)30-8-6-27(7-9-30)28-10-14-31(39)15-11-28/h2-21H,22-24,39H2,1H3,(H,40,42)(H,43,44). The third kappa shape index (κ3) is 8.85. The Morgan fingerprint density at radius 2 is 1.23 bits per heavy atom. The van der Waals surface area contributed by atoms with Gasteiger partial charge < -0.3 is 30.5 Å². The molecule has 0 aliphatic heterocycles. The number of carboxylic acid groups (broad SMARTS) is 1. The Balaban J connectivity index is 1.17. The number of benzene rings is 5. The zero-order valence-electron chi connectivity index (χ0n) is 26.1. The van der Waals surface area contributed by atoms with E-state index in [0.717, 1.165) is 16.7 Å². The second-order valence-electron chi connectivity index (χ2n) is 10.9. The Morgan fingerprint density at radius 1 is 0.688 bits per heavy atom. The van der Waals surface area contributed by atoms with Gasteiger partial charge in [0.05, 0.1) is 19.1 Å². The Bertz CT molecular complexity index is 1890. The van der Waals surface area contributed by atoms with E-state index in [1.807, 2.05) is 36.4 Å². The average Bonchev–Trinajstić information content (AvgIpc) is 3.09. The largest absolute Gasteiger partial charge is 0.497 e. The number of nitrogen functional groups attached to an aromatic ring is 1. The van der Waals surface area contributed by atoms with Gasteiger partial charge in [0.1, 0.15) is 18.0 Å². The van der Waals surface area contributed by atoms with E-state index in [-0.39, 0.29) is 24.4 Å². The monoisotopic (exact) mass is 643 g/mol. The molecule has 0 radical (unpaired) electrons. The fraction of sp³-hybridized carbons (Fsp3) is 0.105. The van der Waals surface area contributed by atoms with Crippen molar-refractivity contribution in [1.82, 2.24) is 4.90 Å². The Kier molecular flexibility index (Phi) is 10.5. The number of anilines is 2. The number of aliphatic carboxylic acids is 1. The molecule has 4 N–H and O–H groups in total. The first-order valence-corrected chi connectivity index (χ1v) is 15.0. The maximum absolute atomic E-state index is 13.3. The number of nitrogens with zero attached hydrogens (tertiary/aromatic N) is 1. The molecular weight excluding hydrogens is 610 g/mol. The lowest BCUT2D eigenvalue weighted by Gasteiger charge is -2.21. The van der Waals surface area contributed by atoms with Crippen LogP contribution in [0, 0.1) is 0 Å². The zero-order valence-corrected chi connectivity index (χ0v) is 26.1. The molecule has 10 nitrogen and oxygen atoms in total. The molecule has 0 saturated heterocycles. The lowest BCUT2D eigenvalue weighted by Crippen LogP contribution is -2.35. The molecule has 0 aromatic heterocycles. The van der Waals surface area contributed by atoms with Crippen molar-refractivity contribution in [2.24, 2.45) is 0 Å². The van der Waals surface area contributed by atoms with Crippen LogP contribution >= 0.6 is 0 Å². The van der Waals surface area contributed by atoms with Gasteiger partial charge in [0.25, 0.3) is 5.91 Å². The van der Waals surface area contributed by atoms with Gasteiger partial charge in [-0.1, -0.05) is 48.5 Å². The van der Waals surface area contributed by atoms with Crippen LogP contribution in [0.25, 0.3) is 11.1 Å². The Hall–Kier alpha value is -6.42. The fourth-order valence-corrected chi connectivity index (χ4v) is 4.90. The van der Waals surface area contributed by atoms with E-state index in [0.29, 0.717) is 34.0 Å². The number of carboxylic acids is 1. The van der Waals surface area contributed by atoms with Gasteiger partial charge in [-0.2, -0.15) is 0 Å². The summed E-state index contributed by atoms with van der Waals surface area (Å²) in [5, 5.41) is 12.3. The van der Waals surface area contributed by atoms with Crippen LogP contribution in [0.5, 0.6) is 11.5 Å². The number of hydrogen-bond acceptors (Lipinski definition) is 7. The molecule has 0 spiro atoms. The molecule has 0 bridgehead atoms. The highest BCUT2D eigenvalue weighted by atomic mass is 16.5. The number of ether oxygens (including phenoxy) is 2. The van der Waals surface area contributed by atoms with Crippen molar-refractivity contribution < 1.29 is 33.8 Å². The first kappa shape index (κ1) is 33.0. The van der Waals surface area contributed by atoms with Crippen LogP contribution in [0.2, 0.25) is 0 Å². The minimum atomic E-state index is -1.17. The molecule has 0 aliphatic carbocycles. The molecule has 0 unspecified atom stereocenters. The van der Waals surface area contributed by atoms with Gasteiger partial charge in [-0.15, -0.1) is 0 Å². The topological polar surface area (TPSA) is 148 Å². The number of amides is 2. The molecule has 5 aromatic rings. The highest BCUT2D eigenvalue weighted by molar-refractivity contribution is 5.97. The van der Waals surface area contributed by atoms with Crippen molar-refractivity contribution >= 4 is 35.1 Å². The van der Waals surface area contributed by atoms with Crippen molar-refractivity contribution in [3.63, 3.8) is 0 Å². The number of hydrogen-bond donors (Lipinski definition) is 3. The lowest BCUT2D eigenvalue weighted by molar-refractivity contribution is -0.137. The van der Waals surface area contributed by atoms with Crippen LogP contribution in [-0.2, 0) is 22.6 Å². The van der Waals surface area contributed by atoms with Crippen molar-refractivity contribution in [2.75, 3.05) is 24.7 Å². The van der Waals surface area contributed by atoms with Crippen LogP contribution in [-0.4, -0.2) is 47.4 Å². The van der Waals surface area contributed by atoms with E-state index in [1.54, 1.807) is 79.9 Å². The maximum atomic E-state index is 13.3. The summed E-state index contributed by atoms with van der Waals surface area (Å²) in [5.41, 5.74) is 10.9. The number of rotatable bonds is 12. The number of nitrogens with one attached hydrogen (secondary N) is 1. The molecule has 5 rings (SSSR count). The van der Waals surface area contributed by atoms with Gasteiger partial charge in [-0.3, -0.25) is 14.4 Å². The van der Waals surface area contributed by atoms with E-state index in [2.05, 4.69) is 5.32 Å². The first-order chi connectivity index (χ1) is 23.2. The second-order valence-corrected chi connectivity index (χ2v) is 10.9. The van der Waals surface area contributed by atoms with Gasteiger partial charge in [0.2, 0.25) is 5.91 Å². The van der Waals surface area contributed by atoms with E-state index < -0.39 is 24.4 Å². The summed E-state index contributed by atoms with van der Waals surface area (Å²) in [6, 6.07) is 34.4. The van der Waals surface area contributed by atoms with Crippen LogP contribution in [0.1, 0.15) is 31.8 Å². The third-order valence-corrected chi connectivity index (χ3v) is 7.42. The molecule has 5 aromatic carbocycles. The highest BCUT2D eigenvalue weighted by Crippen LogP contribution is 2.23. The highest BCUT2D eigenvalue weighted by Gasteiger charge is 2.20. The summed E-state index contributed by atoms with van der Waals surface area (Å²) in [6.07, 6.45) is 0.160. The Morgan fingerprint density at radius 3 is 1.81 bits per heavy atom. The smallest absolute Gasteiger partial charge is 0.343 e. The molecular formula is C38H33N3O7. The van der Waals surface area contributed by atoms with Gasteiger partial charge in [-0.05, 0) is 95.1 Å². The molecule has 0 heterocycles. The number of methoxy groups -OCH3 is 1. The van der Waals surface area contributed by atoms with Crippen LogP contribution in [0.3, 0.4) is 0 Å². The predicted octanol–water partition coefficient (Wildman–Crippen LogP) is 6.07. The van der Waals surface area contributed by atoms with Gasteiger partial charge in [-0.25, -0.2) is 4.79 Å². The summed E-state index contributed by atoms with van der Waals surface area (Å²) in [4.78, 5) is 51.3. The SMILES string of the molecule is COc1ccc(CC(=O)Nc2ccc(C(=O)N(CC(=O)O)Cc3ccc(OC(=O)c4ccc(-c5ccc(N)cc5)cc4)cc3)cc2)cc1. The number of carbonyl (C=O) groups is 4. The molecule has 0 atom stereocenters. The number of nitrogens with two attached hydrogens (primary N) is 1. The van der Waals surface area contributed by atoms with E-state index in [4.69, 9.17) is 15.2 Å². The van der Waals surface area contributed by atoms with Crippen molar-refractivity contribution in [3.8, 4) is 22.6 Å². The fourth-order valence-electron chi connectivity index (χ4n) is 4.90. The molecule has 0 saturated carbocycles. The number of carbonyl (C=O) groups excluding carboxylic acids is 3. The molecule has 10 heteroatoms. The van der Waals surface area contributed by atoms with Crippen LogP contribution < -0.4 is 20.5 Å². The van der Waals surface area contributed by atoms with E-state index in [1.165, 1.54) is 17.0 Å². The summed E-state index contributed by atoms with van der Waals surface area (Å²) in [5.74, 6) is -1.43. The van der Waals surface area contributed by atoms with E-state index >= 15 is 0 Å². The molecule has 0 aliphatic rings. The van der Waals surface area contributed by atoms with E-state index in [9.17, 15) is 24.3 Å². The summed E-state index contributed by atoms with van der Waals surface area (Å²) in [7, 11) is 1.57. The quantitative estimate of drug-likeness (QED) is 0.0843. The van der Waals surface area contributed by atoms with Crippen LogP contribution in [0.4, 0.5) is 11.4 Å². The van der Waals surface area contributed by atoms with Crippen molar-refractivity contribution in [3.05, 3.63) is 144 Å². The first-order valence-electron chi connectivity index (χ1n) is 15.0. The van der Waals surface area contributed by atoms with Crippen molar-refractivity contribution in [1.29, 1.82) is 0 Å². The van der Waals surface area contributed by atoms with Crippen molar-refractivity contribution in [2.45, 2.75) is 13.0 Å². The normalized spacial score (nSPS) is 10.5. The van der Waals surface area contributed by atoms with Crippen LogP contribution in [0.15, 0.2) is 121 Å². The molecule has 242 valence electrons. The average molecular weight is 644 g/mol. The molecule has 2 amide bonds. The zero-order chi connectivity index (χ0) is 34.0. The minimum Gasteiger partial charge on any atom is -0.497 e. The minimum absolute atomic E-state index is 0.00626. The molecule has 0 fully saturated rings. The van der Waals surface area contributed by atoms with Gasteiger partial charge in [0.15, 0.2) is 0 Å². The summed E-state index contributed by atoms with van der Waals surface area (Å²) >= 11 is 0. The van der Waals surface area contributed by atoms with Gasteiger partial charge >= 0.3 is 11.9 Å². The molecule has 48 heavy (non-hydrogen) atoms. The maximum Gasteiger partial charge on any atom is 0.343 e. The third-order valence-electron chi connectivity index (χ3n) is 7.42. The second kappa shape index (κ2) is 15.2. The summed E-state index contributed by atoms with van der Waals surface area (Å²) < 4.78 is 10.7. The predicted molar refractivity (Wildman–Crippen MR) is 182 cm³/mol. The lowest BCUT2D eigenvalue weighted by atomic mass is 10.0. The Labute approximate surface area is 277 Å². The summed E-state index contributed by atoms with van der Waals surface area (Å²) in [6.45, 7) is -0.519. The van der Waals surface area contributed by atoms with Gasteiger partial charge in [0, 0.05) is 23.5 Å². The number of esters is 1.